The van der Waals surface area contributed by atoms with Gasteiger partial charge in [0.15, 0.2) is 0 Å². The Morgan fingerprint density at radius 3 is 2.71 bits per heavy atom. The molecule has 0 aromatic carbocycles. The fraction of sp³-hybridized carbons (Fsp3) is 0.750. The van der Waals surface area contributed by atoms with Crippen LogP contribution in [0.25, 0.3) is 0 Å². The smallest absolute Gasteiger partial charge is 0.248 e. The predicted molar refractivity (Wildman–Crippen MR) is 75.3 cm³/mol. The highest BCUT2D eigenvalue weighted by molar-refractivity contribution is 5.77. The van der Waals surface area contributed by atoms with Crippen LogP contribution in [0.1, 0.15) is 30.9 Å². The van der Waals surface area contributed by atoms with Crippen LogP contribution >= 0.6 is 0 Å². The van der Waals surface area contributed by atoms with Gasteiger partial charge in [-0.15, -0.1) is 0 Å². The monoisotopic (exact) mass is 290 g/mol. The molecule has 4 unspecified atom stereocenters. The summed E-state index contributed by atoms with van der Waals surface area (Å²) in [4.78, 5) is 18.3. The minimum atomic E-state index is 0.118. The van der Waals surface area contributed by atoms with Crippen LogP contribution in [0, 0.1) is 30.6 Å². The molecule has 2 bridgehead atoms. The first-order valence-electron chi connectivity index (χ1n) is 7.97. The zero-order valence-electron chi connectivity index (χ0n) is 12.5. The molecule has 4 rings (SSSR count). The Bertz CT molecular complexity index is 523. The van der Waals surface area contributed by atoms with Gasteiger partial charge in [-0.3, -0.25) is 4.79 Å². The van der Waals surface area contributed by atoms with Crippen LogP contribution < -0.4 is 0 Å². The van der Waals surface area contributed by atoms with E-state index in [0.717, 1.165) is 42.5 Å². The van der Waals surface area contributed by atoms with Crippen LogP contribution in [-0.4, -0.2) is 35.5 Å². The highest BCUT2D eigenvalue weighted by Gasteiger charge is 2.52. The van der Waals surface area contributed by atoms with Crippen LogP contribution in [0.15, 0.2) is 10.6 Å². The van der Waals surface area contributed by atoms with Crippen LogP contribution in [0.4, 0.5) is 0 Å². The standard InChI is InChI=1S/C16H22N2O3/c1-10-5-17-15(21-10)8-20-9-16(19)18-6-13-11-2-3-12(4-11)14(13)7-18/h5,11-14H,2-4,6-9H2,1H3. The summed E-state index contributed by atoms with van der Waals surface area (Å²) in [6.07, 6.45) is 5.84. The third-order valence-electron chi connectivity index (χ3n) is 5.61. The molecule has 1 aromatic rings. The molecule has 1 aliphatic heterocycles. The number of aromatic nitrogens is 1. The average Bonchev–Trinajstić information content (AvgIpc) is 3.20. The van der Waals surface area contributed by atoms with Crippen molar-refractivity contribution in [3.8, 4) is 0 Å². The summed E-state index contributed by atoms with van der Waals surface area (Å²) in [7, 11) is 0. The SMILES string of the molecule is Cc1cnc(COCC(=O)N2CC3C4CCC(C4)C3C2)o1. The average molecular weight is 290 g/mol. The maximum Gasteiger partial charge on any atom is 0.248 e. The molecule has 0 spiro atoms. The first-order chi connectivity index (χ1) is 10.2. The van der Waals surface area contributed by atoms with E-state index in [9.17, 15) is 4.79 Å². The summed E-state index contributed by atoms with van der Waals surface area (Å²) >= 11 is 0. The number of rotatable bonds is 4. The zero-order chi connectivity index (χ0) is 14.4. The quantitative estimate of drug-likeness (QED) is 0.851. The maximum atomic E-state index is 12.3. The molecule has 1 aromatic heterocycles. The van der Waals surface area contributed by atoms with Crippen LogP contribution in [0.3, 0.4) is 0 Å². The number of aryl methyl sites for hydroxylation is 1. The Labute approximate surface area is 124 Å². The molecule has 2 aliphatic carbocycles. The van der Waals surface area contributed by atoms with Gasteiger partial charge in [0.1, 0.15) is 19.0 Å². The summed E-state index contributed by atoms with van der Waals surface area (Å²) in [6, 6.07) is 0. The number of hydrogen-bond donors (Lipinski definition) is 0. The van der Waals surface area contributed by atoms with Crippen LogP contribution in [-0.2, 0) is 16.1 Å². The molecule has 2 saturated carbocycles. The number of likely N-dealkylation sites (tertiary alicyclic amines) is 1. The Morgan fingerprint density at radius 2 is 2.10 bits per heavy atom. The van der Waals surface area contributed by atoms with E-state index < -0.39 is 0 Å². The lowest BCUT2D eigenvalue weighted by molar-refractivity contribution is -0.136. The second kappa shape index (κ2) is 5.13. The third kappa shape index (κ3) is 2.37. The van der Waals surface area contributed by atoms with E-state index in [1.165, 1.54) is 19.3 Å². The largest absolute Gasteiger partial charge is 0.443 e. The van der Waals surface area contributed by atoms with E-state index in [1.54, 1.807) is 6.20 Å². The molecule has 2 heterocycles. The lowest BCUT2D eigenvalue weighted by atomic mass is 9.82. The zero-order valence-corrected chi connectivity index (χ0v) is 12.5. The second-order valence-corrected chi connectivity index (χ2v) is 6.82. The van der Waals surface area contributed by atoms with Crippen molar-refractivity contribution in [3.05, 3.63) is 17.8 Å². The van der Waals surface area contributed by atoms with E-state index in [-0.39, 0.29) is 19.1 Å². The number of fused-ring (bicyclic) bond motifs is 5. The molecule has 3 aliphatic rings. The van der Waals surface area contributed by atoms with Gasteiger partial charge in [0.2, 0.25) is 11.8 Å². The van der Waals surface area contributed by atoms with Gasteiger partial charge in [-0.1, -0.05) is 0 Å². The third-order valence-corrected chi connectivity index (χ3v) is 5.61. The van der Waals surface area contributed by atoms with Crippen molar-refractivity contribution in [2.75, 3.05) is 19.7 Å². The lowest BCUT2D eigenvalue weighted by Crippen LogP contribution is -2.33. The summed E-state index contributed by atoms with van der Waals surface area (Å²) in [6.45, 7) is 4.15. The first-order valence-corrected chi connectivity index (χ1v) is 7.97. The van der Waals surface area contributed by atoms with Crippen molar-refractivity contribution in [1.29, 1.82) is 0 Å². The normalized spacial score (nSPS) is 33.7. The molecule has 1 saturated heterocycles. The van der Waals surface area contributed by atoms with Crippen LogP contribution in [0.2, 0.25) is 0 Å². The number of ether oxygens (including phenoxy) is 1. The highest BCUT2D eigenvalue weighted by Crippen LogP contribution is 2.55. The molecule has 3 fully saturated rings. The Morgan fingerprint density at radius 1 is 1.38 bits per heavy atom. The van der Waals surface area contributed by atoms with Gasteiger partial charge in [0.25, 0.3) is 0 Å². The van der Waals surface area contributed by atoms with E-state index >= 15 is 0 Å². The highest BCUT2D eigenvalue weighted by atomic mass is 16.5. The molecular weight excluding hydrogens is 268 g/mol. The fourth-order valence-corrected chi connectivity index (χ4v) is 4.67. The minimum absolute atomic E-state index is 0.118. The van der Waals surface area contributed by atoms with Crippen LogP contribution in [0.5, 0.6) is 0 Å². The van der Waals surface area contributed by atoms with Crippen molar-refractivity contribution < 1.29 is 13.9 Å². The van der Waals surface area contributed by atoms with E-state index in [0.29, 0.717) is 5.89 Å². The number of carbonyl (C=O) groups is 1. The van der Waals surface area contributed by atoms with Crippen molar-refractivity contribution in [1.82, 2.24) is 9.88 Å². The lowest BCUT2D eigenvalue weighted by Gasteiger charge is -2.22. The Hall–Kier alpha value is -1.36. The van der Waals surface area contributed by atoms with Gasteiger partial charge >= 0.3 is 0 Å². The molecule has 0 N–H and O–H groups in total. The summed E-state index contributed by atoms with van der Waals surface area (Å²) in [5.74, 6) is 4.72. The maximum absolute atomic E-state index is 12.3. The fourth-order valence-electron chi connectivity index (χ4n) is 4.67. The Kier molecular flexibility index (Phi) is 3.25. The molecule has 0 radical (unpaired) electrons. The summed E-state index contributed by atoms with van der Waals surface area (Å²) < 4.78 is 10.8. The van der Waals surface area contributed by atoms with E-state index in [2.05, 4.69) is 4.98 Å². The van der Waals surface area contributed by atoms with Crippen molar-refractivity contribution in [3.63, 3.8) is 0 Å². The van der Waals surface area contributed by atoms with Crippen molar-refractivity contribution in [2.24, 2.45) is 23.7 Å². The molecule has 5 heteroatoms. The molecule has 4 atom stereocenters. The first kappa shape index (κ1) is 13.3. The predicted octanol–water partition coefficient (Wildman–Crippen LogP) is 2.00. The second-order valence-electron chi connectivity index (χ2n) is 6.82. The molecule has 1 amide bonds. The Balaban J connectivity index is 1.27. The van der Waals surface area contributed by atoms with Gasteiger partial charge in [0.05, 0.1) is 6.20 Å². The van der Waals surface area contributed by atoms with E-state index in [4.69, 9.17) is 9.15 Å². The van der Waals surface area contributed by atoms with Gasteiger partial charge in [-0.25, -0.2) is 4.98 Å². The van der Waals surface area contributed by atoms with Gasteiger partial charge in [-0.05, 0) is 49.9 Å². The summed E-state index contributed by atoms with van der Waals surface area (Å²) in [5, 5.41) is 0. The van der Waals surface area contributed by atoms with E-state index in [1.807, 2.05) is 11.8 Å². The van der Waals surface area contributed by atoms with Crippen molar-refractivity contribution >= 4 is 5.91 Å². The van der Waals surface area contributed by atoms with Crippen molar-refractivity contribution in [2.45, 2.75) is 32.8 Å². The number of nitrogens with zero attached hydrogens (tertiary/aromatic N) is 2. The number of amides is 1. The number of oxazole rings is 1. The van der Waals surface area contributed by atoms with Gasteiger partial charge in [-0.2, -0.15) is 0 Å². The topological polar surface area (TPSA) is 55.6 Å². The molecule has 21 heavy (non-hydrogen) atoms. The minimum Gasteiger partial charge on any atom is -0.443 e. The molecular formula is C16H22N2O3. The van der Waals surface area contributed by atoms with Gasteiger partial charge in [0, 0.05) is 13.1 Å². The summed E-state index contributed by atoms with van der Waals surface area (Å²) in [5.41, 5.74) is 0. The number of carbonyl (C=O) groups excluding carboxylic acids is 1. The molecule has 5 nitrogen and oxygen atoms in total. The number of hydrogen-bond acceptors (Lipinski definition) is 4. The van der Waals surface area contributed by atoms with Gasteiger partial charge < -0.3 is 14.1 Å². The molecule has 114 valence electrons.